The van der Waals surface area contributed by atoms with Gasteiger partial charge in [0.15, 0.2) is 0 Å². The third-order valence-corrected chi connectivity index (χ3v) is 2.99. The van der Waals surface area contributed by atoms with E-state index in [1.54, 1.807) is 0 Å². The summed E-state index contributed by atoms with van der Waals surface area (Å²) >= 11 is 1.84. The van der Waals surface area contributed by atoms with E-state index in [1.807, 2.05) is 17.4 Å². The van der Waals surface area contributed by atoms with Crippen LogP contribution in [0.5, 0.6) is 0 Å². The van der Waals surface area contributed by atoms with Gasteiger partial charge in [-0.05, 0) is 36.4 Å². The van der Waals surface area contributed by atoms with Gasteiger partial charge >= 0.3 is 0 Å². The molecule has 0 aliphatic rings. The second kappa shape index (κ2) is 5.95. The molecule has 0 spiro atoms. The molecule has 1 heterocycles. The van der Waals surface area contributed by atoms with E-state index in [2.05, 4.69) is 30.3 Å². The lowest BCUT2D eigenvalue weighted by molar-refractivity contribution is 0.699. The van der Waals surface area contributed by atoms with Crippen LogP contribution in [-0.4, -0.2) is 6.54 Å². The Bertz CT molecular complexity index is 252. The third-order valence-electron chi connectivity index (χ3n) is 2.03. The predicted octanol–water partition coefficient (Wildman–Crippen LogP) is 2.98. The van der Waals surface area contributed by atoms with Gasteiger partial charge in [0.25, 0.3) is 0 Å². The first kappa shape index (κ1) is 10.5. The van der Waals surface area contributed by atoms with E-state index >= 15 is 0 Å². The van der Waals surface area contributed by atoms with Crippen LogP contribution in [0, 0.1) is 0 Å². The molecule has 1 nitrogen and oxygen atoms in total. The van der Waals surface area contributed by atoms with Gasteiger partial charge in [-0.3, -0.25) is 0 Å². The predicted molar refractivity (Wildman–Crippen MR) is 60.2 cm³/mol. The quantitative estimate of drug-likeness (QED) is 0.543. The van der Waals surface area contributed by atoms with Gasteiger partial charge in [0.1, 0.15) is 0 Å². The molecule has 1 aromatic heterocycles. The van der Waals surface area contributed by atoms with E-state index in [4.69, 9.17) is 0 Å². The molecule has 1 rings (SSSR count). The first-order chi connectivity index (χ1) is 6.38. The molecular weight excluding hydrogens is 178 g/mol. The fourth-order valence-electron chi connectivity index (χ4n) is 1.24. The van der Waals surface area contributed by atoms with Crippen molar-refractivity contribution >= 4 is 11.3 Å². The second-order valence-electron chi connectivity index (χ2n) is 2.98. The molecule has 1 aromatic rings. The van der Waals surface area contributed by atoms with Gasteiger partial charge in [-0.2, -0.15) is 0 Å². The summed E-state index contributed by atoms with van der Waals surface area (Å²) in [6.07, 6.45) is 4.14. The zero-order valence-electron chi connectivity index (χ0n) is 8.18. The summed E-state index contributed by atoms with van der Waals surface area (Å²) in [6, 6.07) is 2.22. The highest BCUT2D eigenvalue weighted by molar-refractivity contribution is 7.10. The van der Waals surface area contributed by atoms with Crippen molar-refractivity contribution in [2.45, 2.75) is 26.3 Å². The highest BCUT2D eigenvalue weighted by Crippen LogP contribution is 2.16. The Balaban J connectivity index is 2.31. The summed E-state index contributed by atoms with van der Waals surface area (Å²) < 4.78 is 0. The van der Waals surface area contributed by atoms with Crippen molar-refractivity contribution < 1.29 is 0 Å². The zero-order chi connectivity index (χ0) is 9.52. The van der Waals surface area contributed by atoms with Crippen LogP contribution in [0.2, 0.25) is 0 Å². The highest BCUT2D eigenvalue weighted by atomic mass is 32.1. The first-order valence-corrected chi connectivity index (χ1v) is 5.63. The Morgan fingerprint density at radius 2 is 2.46 bits per heavy atom. The maximum atomic E-state index is 3.69. The van der Waals surface area contributed by atoms with Gasteiger partial charge < -0.3 is 5.32 Å². The van der Waals surface area contributed by atoms with Gasteiger partial charge in [-0.1, -0.05) is 13.0 Å². The minimum atomic E-state index is 1.01. The Hall–Kier alpha value is -0.600. The fraction of sp³-hybridized carbons (Fsp3) is 0.455. The highest BCUT2D eigenvalue weighted by Gasteiger charge is 2.00. The van der Waals surface area contributed by atoms with E-state index in [-0.39, 0.29) is 0 Å². The maximum absolute atomic E-state index is 3.69. The van der Waals surface area contributed by atoms with Crippen LogP contribution in [0.25, 0.3) is 0 Å². The van der Waals surface area contributed by atoms with Crippen molar-refractivity contribution in [3.05, 3.63) is 34.5 Å². The van der Waals surface area contributed by atoms with Crippen LogP contribution in [0.3, 0.4) is 0 Å². The lowest BCUT2D eigenvalue weighted by Crippen LogP contribution is -2.13. The van der Waals surface area contributed by atoms with Crippen molar-refractivity contribution in [1.82, 2.24) is 5.32 Å². The molecule has 0 unspecified atom stereocenters. The van der Waals surface area contributed by atoms with Crippen LogP contribution >= 0.6 is 11.3 Å². The lowest BCUT2D eigenvalue weighted by Gasteiger charge is -2.02. The monoisotopic (exact) mass is 195 g/mol. The Kier molecular flexibility index (Phi) is 4.79. The summed E-state index contributed by atoms with van der Waals surface area (Å²) in [5.74, 6) is 0. The summed E-state index contributed by atoms with van der Waals surface area (Å²) in [5, 5.41) is 5.57. The molecule has 0 atom stereocenters. The van der Waals surface area contributed by atoms with Gasteiger partial charge in [0, 0.05) is 11.4 Å². The zero-order valence-corrected chi connectivity index (χ0v) is 8.99. The normalized spacial score (nSPS) is 10.2. The van der Waals surface area contributed by atoms with Crippen molar-refractivity contribution in [3.8, 4) is 0 Å². The largest absolute Gasteiger partial charge is 0.312 e. The van der Waals surface area contributed by atoms with E-state index in [0.29, 0.717) is 0 Å². The van der Waals surface area contributed by atoms with Gasteiger partial charge in [0.05, 0.1) is 0 Å². The van der Waals surface area contributed by atoms with Crippen LogP contribution in [0.15, 0.2) is 24.1 Å². The van der Waals surface area contributed by atoms with E-state index in [9.17, 15) is 0 Å². The van der Waals surface area contributed by atoms with Crippen LogP contribution in [0.4, 0.5) is 0 Å². The summed E-state index contributed by atoms with van der Waals surface area (Å²) in [7, 11) is 0. The number of hydrogen-bond acceptors (Lipinski definition) is 2. The second-order valence-corrected chi connectivity index (χ2v) is 3.98. The Morgan fingerprint density at radius 1 is 1.62 bits per heavy atom. The topological polar surface area (TPSA) is 12.0 Å². The molecule has 0 bridgehead atoms. The average molecular weight is 195 g/mol. The van der Waals surface area contributed by atoms with Crippen molar-refractivity contribution in [2.24, 2.45) is 0 Å². The molecule has 0 amide bonds. The lowest BCUT2D eigenvalue weighted by atomic mass is 10.2. The molecular formula is C11H17NS. The Morgan fingerprint density at radius 3 is 3.15 bits per heavy atom. The maximum Gasteiger partial charge on any atom is 0.0302 e. The summed E-state index contributed by atoms with van der Waals surface area (Å²) in [4.78, 5) is 1.48. The van der Waals surface area contributed by atoms with E-state index in [1.165, 1.54) is 10.4 Å². The smallest absolute Gasteiger partial charge is 0.0302 e. The molecule has 1 N–H and O–H groups in total. The van der Waals surface area contributed by atoms with Crippen molar-refractivity contribution in [1.29, 1.82) is 0 Å². The van der Waals surface area contributed by atoms with Gasteiger partial charge in [-0.15, -0.1) is 17.9 Å². The van der Waals surface area contributed by atoms with Gasteiger partial charge in [0.2, 0.25) is 0 Å². The molecule has 0 aromatic carbocycles. The van der Waals surface area contributed by atoms with E-state index < -0.39 is 0 Å². The first-order valence-electron chi connectivity index (χ1n) is 4.75. The van der Waals surface area contributed by atoms with Gasteiger partial charge in [-0.25, -0.2) is 0 Å². The third kappa shape index (κ3) is 3.33. The minimum Gasteiger partial charge on any atom is -0.312 e. The molecule has 0 aliphatic carbocycles. The molecule has 0 radical (unpaired) electrons. The molecule has 0 aliphatic heterocycles. The number of nitrogens with one attached hydrogen (secondary N) is 1. The summed E-state index contributed by atoms with van der Waals surface area (Å²) in [5.41, 5.74) is 1.48. The number of aryl methyl sites for hydroxylation is 1. The minimum absolute atomic E-state index is 1.01. The molecule has 72 valence electrons. The van der Waals surface area contributed by atoms with Crippen molar-refractivity contribution in [3.63, 3.8) is 0 Å². The molecule has 0 saturated heterocycles. The molecule has 0 fully saturated rings. The average Bonchev–Trinajstić information content (AvgIpc) is 2.60. The van der Waals surface area contributed by atoms with Crippen LogP contribution < -0.4 is 5.32 Å². The van der Waals surface area contributed by atoms with Crippen LogP contribution in [-0.2, 0) is 13.0 Å². The Labute approximate surface area is 84.5 Å². The molecule has 2 heteroatoms. The van der Waals surface area contributed by atoms with Crippen LogP contribution in [0.1, 0.15) is 23.8 Å². The van der Waals surface area contributed by atoms with E-state index in [0.717, 1.165) is 25.9 Å². The fourth-order valence-corrected chi connectivity index (χ4v) is 2.19. The molecule has 13 heavy (non-hydrogen) atoms. The SMILES string of the molecule is C=CCCNCc1sccc1CC. The number of thiophene rings is 1. The summed E-state index contributed by atoms with van der Waals surface area (Å²) in [6.45, 7) is 7.94. The molecule has 0 saturated carbocycles. The standard InChI is InChI=1S/C11H17NS/c1-3-5-7-12-9-11-10(4-2)6-8-13-11/h3,6,8,12H,1,4-5,7,9H2,2H3. The number of hydrogen-bond donors (Lipinski definition) is 1. The van der Waals surface area contributed by atoms with Crippen molar-refractivity contribution in [2.75, 3.05) is 6.54 Å². The number of rotatable bonds is 6.